The summed E-state index contributed by atoms with van der Waals surface area (Å²) >= 11 is 0. The summed E-state index contributed by atoms with van der Waals surface area (Å²) in [7, 11) is -3.46. The second-order valence-corrected chi connectivity index (χ2v) is 6.72. The van der Waals surface area contributed by atoms with E-state index < -0.39 is 10.0 Å². The van der Waals surface area contributed by atoms with Gasteiger partial charge in [0, 0.05) is 12.2 Å². The minimum Gasteiger partial charge on any atom is -0.381 e. The van der Waals surface area contributed by atoms with E-state index in [0.29, 0.717) is 12.2 Å². The summed E-state index contributed by atoms with van der Waals surface area (Å²) in [4.78, 5) is 0. The molecule has 0 aliphatic rings. The van der Waals surface area contributed by atoms with Crippen LogP contribution in [0, 0.1) is 11.3 Å². The number of hydrogen-bond acceptors (Lipinski definition) is 4. The topological polar surface area (TPSA) is 73.2 Å². The largest absolute Gasteiger partial charge is 0.381 e. The zero-order chi connectivity index (χ0) is 16.0. The number of sulfonamides is 1. The van der Waals surface area contributed by atoms with Gasteiger partial charge in [0.05, 0.1) is 18.0 Å². The molecule has 1 N–H and O–H groups in total. The standard InChI is InChI=1S/C16H17N3O2S/c1-22(20,21)19(12-11-17)16-9-7-15(8-10-16)18-13-14-5-3-2-4-6-14/h2-10,18H,12-13H2,1H3. The van der Waals surface area contributed by atoms with Gasteiger partial charge in [-0.3, -0.25) is 4.31 Å². The molecule has 0 saturated carbocycles. The van der Waals surface area contributed by atoms with Crippen LogP contribution >= 0.6 is 0 Å². The molecule has 2 rings (SSSR count). The third-order valence-corrected chi connectivity index (χ3v) is 4.25. The summed E-state index contributed by atoms with van der Waals surface area (Å²) in [5.74, 6) is 0. The van der Waals surface area contributed by atoms with E-state index in [1.807, 2.05) is 36.4 Å². The normalized spacial score (nSPS) is 10.7. The Morgan fingerprint density at radius 2 is 1.73 bits per heavy atom. The highest BCUT2D eigenvalue weighted by Crippen LogP contribution is 2.20. The van der Waals surface area contributed by atoms with E-state index in [9.17, 15) is 8.42 Å². The maximum atomic E-state index is 11.7. The van der Waals surface area contributed by atoms with Crippen LogP contribution in [0.1, 0.15) is 5.56 Å². The number of nitrogens with one attached hydrogen (secondary N) is 1. The van der Waals surface area contributed by atoms with Crippen molar-refractivity contribution < 1.29 is 8.42 Å². The van der Waals surface area contributed by atoms with Gasteiger partial charge in [0.25, 0.3) is 0 Å². The third-order valence-electron chi connectivity index (χ3n) is 3.11. The molecule has 0 fully saturated rings. The smallest absolute Gasteiger partial charge is 0.233 e. The second kappa shape index (κ2) is 6.96. The number of rotatable bonds is 6. The fraction of sp³-hybridized carbons (Fsp3) is 0.188. The van der Waals surface area contributed by atoms with Crippen molar-refractivity contribution in [2.45, 2.75) is 6.54 Å². The molecule has 2 aromatic carbocycles. The molecule has 0 spiro atoms. The first-order valence-corrected chi connectivity index (χ1v) is 8.58. The zero-order valence-corrected chi connectivity index (χ0v) is 13.0. The summed E-state index contributed by atoms with van der Waals surface area (Å²) in [6.07, 6.45) is 1.09. The molecule has 0 saturated heterocycles. The van der Waals surface area contributed by atoms with E-state index in [1.54, 1.807) is 24.3 Å². The van der Waals surface area contributed by atoms with E-state index in [0.717, 1.165) is 21.8 Å². The molecule has 0 aliphatic carbocycles. The second-order valence-electron chi connectivity index (χ2n) is 4.81. The van der Waals surface area contributed by atoms with Crippen molar-refractivity contribution in [3.05, 3.63) is 60.2 Å². The van der Waals surface area contributed by atoms with Crippen LogP contribution in [0.3, 0.4) is 0 Å². The lowest BCUT2D eigenvalue weighted by molar-refractivity contribution is 0.599. The van der Waals surface area contributed by atoms with Gasteiger partial charge in [0.1, 0.15) is 6.54 Å². The van der Waals surface area contributed by atoms with E-state index in [1.165, 1.54) is 0 Å². The van der Waals surface area contributed by atoms with Gasteiger partial charge in [0.15, 0.2) is 0 Å². The minimum atomic E-state index is -3.46. The zero-order valence-electron chi connectivity index (χ0n) is 12.2. The lowest BCUT2D eigenvalue weighted by Crippen LogP contribution is -2.30. The van der Waals surface area contributed by atoms with Crippen molar-refractivity contribution in [3.63, 3.8) is 0 Å². The molecule has 0 heterocycles. The van der Waals surface area contributed by atoms with Crippen LogP contribution < -0.4 is 9.62 Å². The Labute approximate surface area is 130 Å². The maximum absolute atomic E-state index is 11.7. The summed E-state index contributed by atoms with van der Waals surface area (Å²) in [6.45, 7) is 0.490. The summed E-state index contributed by atoms with van der Waals surface area (Å²) in [6, 6.07) is 18.8. The molecule has 0 bridgehead atoms. The van der Waals surface area contributed by atoms with E-state index in [-0.39, 0.29) is 6.54 Å². The number of nitriles is 1. The third kappa shape index (κ3) is 4.24. The van der Waals surface area contributed by atoms with Crippen LogP contribution in [0.15, 0.2) is 54.6 Å². The highest BCUT2D eigenvalue weighted by atomic mass is 32.2. The van der Waals surface area contributed by atoms with Gasteiger partial charge in [-0.15, -0.1) is 0 Å². The minimum absolute atomic E-state index is 0.199. The fourth-order valence-corrected chi connectivity index (χ4v) is 2.81. The Morgan fingerprint density at radius 3 is 2.27 bits per heavy atom. The SMILES string of the molecule is CS(=O)(=O)N(CC#N)c1ccc(NCc2ccccc2)cc1. The molecule has 22 heavy (non-hydrogen) atoms. The van der Waals surface area contributed by atoms with Gasteiger partial charge in [-0.1, -0.05) is 30.3 Å². The van der Waals surface area contributed by atoms with Gasteiger partial charge in [0.2, 0.25) is 10.0 Å². The maximum Gasteiger partial charge on any atom is 0.233 e. The quantitative estimate of drug-likeness (QED) is 0.832. The Bertz CT molecular complexity index is 750. The van der Waals surface area contributed by atoms with Crippen molar-refractivity contribution in [1.82, 2.24) is 0 Å². The molecular weight excluding hydrogens is 298 g/mol. The Hall–Kier alpha value is -2.52. The average molecular weight is 315 g/mol. The van der Waals surface area contributed by atoms with Gasteiger partial charge in [-0.2, -0.15) is 5.26 Å². The lowest BCUT2D eigenvalue weighted by Gasteiger charge is -2.19. The first-order valence-electron chi connectivity index (χ1n) is 6.73. The highest BCUT2D eigenvalue weighted by Gasteiger charge is 2.16. The van der Waals surface area contributed by atoms with Gasteiger partial charge >= 0.3 is 0 Å². The lowest BCUT2D eigenvalue weighted by atomic mass is 10.2. The van der Waals surface area contributed by atoms with Crippen molar-refractivity contribution in [2.75, 3.05) is 22.4 Å². The summed E-state index contributed by atoms with van der Waals surface area (Å²) in [5, 5.41) is 12.0. The fourth-order valence-electron chi connectivity index (χ4n) is 2.01. The number of anilines is 2. The number of benzene rings is 2. The molecule has 0 unspecified atom stereocenters. The van der Waals surface area contributed by atoms with Gasteiger partial charge in [-0.05, 0) is 29.8 Å². The predicted octanol–water partition coefficient (Wildman–Crippen LogP) is 2.59. The Morgan fingerprint density at radius 1 is 1.09 bits per heavy atom. The molecule has 0 aliphatic heterocycles. The van der Waals surface area contributed by atoms with Crippen LogP contribution in [0.4, 0.5) is 11.4 Å². The van der Waals surface area contributed by atoms with Crippen molar-refractivity contribution in [3.8, 4) is 6.07 Å². The van der Waals surface area contributed by atoms with E-state index >= 15 is 0 Å². The van der Waals surface area contributed by atoms with Crippen molar-refractivity contribution in [2.24, 2.45) is 0 Å². The average Bonchev–Trinajstić information content (AvgIpc) is 2.51. The van der Waals surface area contributed by atoms with E-state index in [4.69, 9.17) is 5.26 Å². The van der Waals surface area contributed by atoms with Crippen molar-refractivity contribution >= 4 is 21.4 Å². The predicted molar refractivity (Wildman–Crippen MR) is 88.0 cm³/mol. The molecule has 0 aromatic heterocycles. The number of nitrogens with zero attached hydrogens (tertiary/aromatic N) is 2. The van der Waals surface area contributed by atoms with Crippen LogP contribution in [0.25, 0.3) is 0 Å². The molecule has 0 atom stereocenters. The van der Waals surface area contributed by atoms with Crippen LogP contribution in [-0.2, 0) is 16.6 Å². The summed E-state index contributed by atoms with van der Waals surface area (Å²) < 4.78 is 24.4. The molecule has 114 valence electrons. The molecular formula is C16H17N3O2S. The van der Waals surface area contributed by atoms with Crippen LogP contribution in [-0.4, -0.2) is 21.2 Å². The monoisotopic (exact) mass is 315 g/mol. The first kappa shape index (κ1) is 15.9. The molecule has 5 nitrogen and oxygen atoms in total. The van der Waals surface area contributed by atoms with Gasteiger partial charge in [-0.25, -0.2) is 8.42 Å². The van der Waals surface area contributed by atoms with Crippen molar-refractivity contribution in [1.29, 1.82) is 5.26 Å². The Kier molecular flexibility index (Phi) is 5.02. The van der Waals surface area contributed by atoms with E-state index in [2.05, 4.69) is 5.32 Å². The highest BCUT2D eigenvalue weighted by molar-refractivity contribution is 7.92. The molecule has 0 radical (unpaired) electrons. The van der Waals surface area contributed by atoms with Crippen LogP contribution in [0.5, 0.6) is 0 Å². The molecule has 2 aromatic rings. The Balaban J connectivity index is 2.08. The summed E-state index contributed by atoms with van der Waals surface area (Å²) in [5.41, 5.74) is 2.53. The molecule has 6 heteroatoms. The van der Waals surface area contributed by atoms with Gasteiger partial charge < -0.3 is 5.32 Å². The number of hydrogen-bond donors (Lipinski definition) is 1. The molecule has 0 amide bonds. The first-order chi connectivity index (χ1) is 10.5. The van der Waals surface area contributed by atoms with Crippen LogP contribution in [0.2, 0.25) is 0 Å².